The molecule has 0 amide bonds. The number of nitrogens with zero attached hydrogens (tertiary/aromatic N) is 6. The molecule has 7 heteroatoms. The molecule has 24 heavy (non-hydrogen) atoms. The van der Waals surface area contributed by atoms with Gasteiger partial charge in [-0.3, -0.25) is 0 Å². The molecule has 0 N–H and O–H groups in total. The van der Waals surface area contributed by atoms with Crippen molar-refractivity contribution in [3.8, 4) is 5.88 Å². The Hall–Kier alpha value is -2.70. The molecular weight excluding hydrogens is 304 g/mol. The number of piperidine rings is 1. The average Bonchev–Trinajstić information content (AvgIpc) is 3.08. The number of anilines is 1. The van der Waals surface area contributed by atoms with E-state index in [-0.39, 0.29) is 0 Å². The van der Waals surface area contributed by atoms with Crippen LogP contribution in [-0.2, 0) is 0 Å². The average molecular weight is 324 g/mol. The Balaban J connectivity index is 1.33. The second-order valence-electron chi connectivity index (χ2n) is 6.16. The summed E-state index contributed by atoms with van der Waals surface area (Å²) in [6.07, 6.45) is 7.38. The molecule has 0 bridgehead atoms. The van der Waals surface area contributed by atoms with E-state index in [2.05, 4.69) is 25.0 Å². The molecule has 3 aromatic rings. The summed E-state index contributed by atoms with van der Waals surface area (Å²) >= 11 is 0. The van der Waals surface area contributed by atoms with E-state index >= 15 is 0 Å². The molecule has 0 aliphatic carbocycles. The van der Waals surface area contributed by atoms with E-state index in [4.69, 9.17) is 4.74 Å². The van der Waals surface area contributed by atoms with Gasteiger partial charge in [-0.1, -0.05) is 0 Å². The highest BCUT2D eigenvalue weighted by Gasteiger charge is 2.21. The topological polar surface area (TPSA) is 68.4 Å². The van der Waals surface area contributed by atoms with Crippen molar-refractivity contribution in [2.24, 2.45) is 5.92 Å². The third-order valence-corrected chi connectivity index (χ3v) is 4.43. The highest BCUT2D eigenvalue weighted by Crippen LogP contribution is 2.22. The zero-order valence-corrected chi connectivity index (χ0v) is 13.7. The van der Waals surface area contributed by atoms with Gasteiger partial charge in [-0.2, -0.15) is 0 Å². The van der Waals surface area contributed by atoms with Gasteiger partial charge in [0.1, 0.15) is 12.1 Å². The fourth-order valence-electron chi connectivity index (χ4n) is 3.01. The molecule has 3 aromatic heterocycles. The number of fused-ring (bicyclic) bond motifs is 1. The van der Waals surface area contributed by atoms with Crippen molar-refractivity contribution in [1.29, 1.82) is 0 Å². The van der Waals surface area contributed by atoms with Crippen LogP contribution in [-0.4, -0.2) is 44.3 Å². The molecule has 0 spiro atoms. The molecule has 0 atom stereocenters. The molecule has 0 aromatic carbocycles. The van der Waals surface area contributed by atoms with Crippen LogP contribution in [0, 0.1) is 12.8 Å². The van der Waals surface area contributed by atoms with Crippen molar-refractivity contribution in [1.82, 2.24) is 24.6 Å². The Labute approximate surface area is 140 Å². The minimum absolute atomic E-state index is 0.550. The summed E-state index contributed by atoms with van der Waals surface area (Å²) in [6, 6.07) is 5.93. The molecule has 0 saturated carbocycles. The summed E-state index contributed by atoms with van der Waals surface area (Å²) in [5.74, 6) is 2.22. The van der Waals surface area contributed by atoms with Crippen LogP contribution < -0.4 is 9.64 Å². The zero-order chi connectivity index (χ0) is 16.4. The molecule has 1 aliphatic rings. The summed E-state index contributed by atoms with van der Waals surface area (Å²) in [7, 11) is 0. The standard InChI is InChI=1S/C17H20N6O/c1-13-10-17(20-12-19-13)24-11-14-4-7-22(8-5-14)16-3-2-15-18-6-9-23(15)21-16/h2-3,6,9-10,12,14H,4-5,7-8,11H2,1H3. The summed E-state index contributed by atoms with van der Waals surface area (Å²) in [4.78, 5) is 14.8. The lowest BCUT2D eigenvalue weighted by atomic mass is 9.98. The van der Waals surface area contributed by atoms with Crippen LogP contribution in [0.5, 0.6) is 5.88 Å². The van der Waals surface area contributed by atoms with Crippen LogP contribution in [0.4, 0.5) is 5.82 Å². The van der Waals surface area contributed by atoms with Gasteiger partial charge < -0.3 is 9.64 Å². The van der Waals surface area contributed by atoms with E-state index in [1.165, 1.54) is 0 Å². The Kier molecular flexibility index (Phi) is 3.98. The smallest absolute Gasteiger partial charge is 0.216 e. The van der Waals surface area contributed by atoms with Gasteiger partial charge in [0, 0.05) is 37.2 Å². The lowest BCUT2D eigenvalue weighted by molar-refractivity contribution is 0.215. The summed E-state index contributed by atoms with van der Waals surface area (Å²) < 4.78 is 7.64. The van der Waals surface area contributed by atoms with Crippen molar-refractivity contribution in [3.05, 3.63) is 42.6 Å². The van der Waals surface area contributed by atoms with Crippen molar-refractivity contribution in [2.75, 3.05) is 24.6 Å². The fraction of sp³-hybridized carbons (Fsp3) is 0.412. The number of rotatable bonds is 4. The molecule has 0 unspecified atom stereocenters. The number of ether oxygens (including phenoxy) is 1. The zero-order valence-electron chi connectivity index (χ0n) is 13.7. The second kappa shape index (κ2) is 6.43. The highest BCUT2D eigenvalue weighted by molar-refractivity contribution is 5.45. The first-order valence-corrected chi connectivity index (χ1v) is 8.25. The Morgan fingerprint density at radius 2 is 2.04 bits per heavy atom. The monoisotopic (exact) mass is 324 g/mol. The van der Waals surface area contributed by atoms with Crippen LogP contribution in [0.15, 0.2) is 36.9 Å². The van der Waals surface area contributed by atoms with E-state index in [9.17, 15) is 0 Å². The van der Waals surface area contributed by atoms with E-state index < -0.39 is 0 Å². The van der Waals surface area contributed by atoms with Gasteiger partial charge in [-0.05, 0) is 37.8 Å². The predicted molar refractivity (Wildman–Crippen MR) is 90.2 cm³/mol. The maximum Gasteiger partial charge on any atom is 0.216 e. The first-order valence-electron chi connectivity index (χ1n) is 8.25. The largest absolute Gasteiger partial charge is 0.477 e. The van der Waals surface area contributed by atoms with Crippen LogP contribution in [0.2, 0.25) is 0 Å². The highest BCUT2D eigenvalue weighted by atomic mass is 16.5. The van der Waals surface area contributed by atoms with E-state index in [0.29, 0.717) is 18.4 Å². The van der Waals surface area contributed by atoms with E-state index in [0.717, 1.165) is 43.1 Å². The number of hydrogen-bond acceptors (Lipinski definition) is 6. The lowest BCUT2D eigenvalue weighted by Crippen LogP contribution is -2.36. The van der Waals surface area contributed by atoms with Crippen molar-refractivity contribution in [2.45, 2.75) is 19.8 Å². The Morgan fingerprint density at radius 1 is 1.17 bits per heavy atom. The van der Waals surface area contributed by atoms with Crippen molar-refractivity contribution >= 4 is 11.5 Å². The second-order valence-corrected chi connectivity index (χ2v) is 6.16. The third kappa shape index (κ3) is 3.15. The van der Waals surface area contributed by atoms with Crippen LogP contribution in [0.25, 0.3) is 5.65 Å². The van der Waals surface area contributed by atoms with Crippen molar-refractivity contribution in [3.63, 3.8) is 0 Å². The molecule has 0 radical (unpaired) electrons. The molecular formula is C17H20N6O. The molecule has 1 fully saturated rings. The summed E-state index contributed by atoms with van der Waals surface area (Å²) in [5.41, 5.74) is 1.80. The summed E-state index contributed by atoms with van der Waals surface area (Å²) in [6.45, 7) is 4.63. The molecule has 4 rings (SSSR count). The Morgan fingerprint density at radius 3 is 2.88 bits per heavy atom. The molecule has 7 nitrogen and oxygen atoms in total. The molecule has 124 valence electrons. The number of hydrogen-bond donors (Lipinski definition) is 0. The molecule has 4 heterocycles. The van der Waals surface area contributed by atoms with Crippen LogP contribution >= 0.6 is 0 Å². The quantitative estimate of drug-likeness (QED) is 0.732. The first kappa shape index (κ1) is 14.9. The van der Waals surface area contributed by atoms with Crippen molar-refractivity contribution < 1.29 is 4.74 Å². The first-order chi connectivity index (χ1) is 11.8. The maximum absolute atomic E-state index is 5.82. The minimum Gasteiger partial charge on any atom is -0.477 e. The van der Waals surface area contributed by atoms with Gasteiger partial charge in [0.15, 0.2) is 5.65 Å². The SMILES string of the molecule is Cc1cc(OCC2CCN(c3ccc4nccn4n3)CC2)ncn1. The summed E-state index contributed by atoms with van der Waals surface area (Å²) in [5, 5.41) is 4.62. The van der Waals surface area contributed by atoms with Gasteiger partial charge in [-0.15, -0.1) is 5.10 Å². The molecule has 1 aliphatic heterocycles. The van der Waals surface area contributed by atoms with Gasteiger partial charge in [0.2, 0.25) is 5.88 Å². The van der Waals surface area contributed by atoms with Gasteiger partial charge in [-0.25, -0.2) is 19.5 Å². The number of imidazole rings is 1. The predicted octanol–water partition coefficient (Wildman–Crippen LogP) is 2.12. The normalized spacial score (nSPS) is 15.8. The number of aromatic nitrogens is 5. The van der Waals surface area contributed by atoms with Gasteiger partial charge in [0.05, 0.1) is 6.61 Å². The van der Waals surface area contributed by atoms with Gasteiger partial charge >= 0.3 is 0 Å². The number of aryl methyl sites for hydroxylation is 1. The third-order valence-electron chi connectivity index (χ3n) is 4.43. The van der Waals surface area contributed by atoms with Crippen LogP contribution in [0.3, 0.4) is 0 Å². The molecule has 1 saturated heterocycles. The van der Waals surface area contributed by atoms with Gasteiger partial charge in [0.25, 0.3) is 0 Å². The van der Waals surface area contributed by atoms with Crippen LogP contribution in [0.1, 0.15) is 18.5 Å². The fourth-order valence-corrected chi connectivity index (χ4v) is 3.01. The minimum atomic E-state index is 0.550. The van der Waals surface area contributed by atoms with E-state index in [1.54, 1.807) is 12.5 Å². The Bertz CT molecular complexity index is 825. The lowest BCUT2D eigenvalue weighted by Gasteiger charge is -2.32. The maximum atomic E-state index is 5.82. The van der Waals surface area contributed by atoms with E-state index in [1.807, 2.05) is 35.8 Å².